The molecule has 34 heavy (non-hydrogen) atoms. The Balaban J connectivity index is 0.000000604. The van der Waals surface area contributed by atoms with Crippen molar-refractivity contribution < 1.29 is 14.6 Å². The molecule has 178 valence electrons. The van der Waals surface area contributed by atoms with Crippen molar-refractivity contribution in [3.05, 3.63) is 106 Å². The van der Waals surface area contributed by atoms with Gasteiger partial charge in [-0.2, -0.15) is 5.10 Å². The van der Waals surface area contributed by atoms with Crippen molar-refractivity contribution in [2.75, 3.05) is 7.11 Å². The largest absolute Gasteiger partial charge is 0.497 e. The lowest BCUT2D eigenvalue weighted by Gasteiger charge is -2.12. The molecule has 0 bridgehead atoms. The lowest BCUT2D eigenvalue weighted by Crippen LogP contribution is -2.15. The number of aromatic nitrogens is 2. The summed E-state index contributed by atoms with van der Waals surface area (Å²) in [5, 5.41) is 15.3. The summed E-state index contributed by atoms with van der Waals surface area (Å²) in [4.78, 5) is 11.9. The van der Waals surface area contributed by atoms with E-state index in [0.717, 1.165) is 22.4 Å². The van der Waals surface area contributed by atoms with Gasteiger partial charge in [-0.15, -0.1) is 0 Å². The van der Waals surface area contributed by atoms with Crippen LogP contribution in [-0.4, -0.2) is 28.0 Å². The summed E-state index contributed by atoms with van der Waals surface area (Å²) < 4.78 is 6.31. The maximum Gasteiger partial charge on any atom is 0.311 e. The predicted octanol–water partition coefficient (Wildman–Crippen LogP) is 7.40. The lowest BCUT2D eigenvalue weighted by atomic mass is 9.93. The molecule has 1 unspecified atom stereocenters. The fourth-order valence-corrected chi connectivity index (χ4v) is 3.50. The highest BCUT2D eigenvalue weighted by Gasteiger charge is 2.23. The standard InChI is InChI=1S/C22H20Cl2N2O2.C5H8O/c1-3-9-26-21(16-7-8-19(23)20(24)11-16)13-17(25-26)12-18(22(27)28)15-6-4-5-14(2)10-15;1-4-5(2)6-3/h3-11,13,18H,12H2,1-2H3,(H,27,28);4H,1-2H2,3H3/b9-3+;. The maximum atomic E-state index is 11.9. The fourth-order valence-electron chi connectivity index (χ4n) is 3.20. The first-order valence-corrected chi connectivity index (χ1v) is 11.3. The van der Waals surface area contributed by atoms with Crippen molar-refractivity contribution in [2.24, 2.45) is 0 Å². The van der Waals surface area contributed by atoms with Crippen molar-refractivity contribution in [1.29, 1.82) is 0 Å². The Kier molecular flexibility index (Phi) is 10.2. The van der Waals surface area contributed by atoms with Gasteiger partial charge >= 0.3 is 5.97 Å². The summed E-state index contributed by atoms with van der Waals surface area (Å²) >= 11 is 12.2. The van der Waals surface area contributed by atoms with Gasteiger partial charge in [0.1, 0.15) is 5.76 Å². The van der Waals surface area contributed by atoms with Crippen molar-refractivity contribution in [3.8, 4) is 11.3 Å². The van der Waals surface area contributed by atoms with Crippen LogP contribution in [0.4, 0.5) is 0 Å². The molecule has 0 aliphatic rings. The summed E-state index contributed by atoms with van der Waals surface area (Å²) in [6.07, 6.45) is 5.54. The molecule has 1 aromatic heterocycles. The third kappa shape index (κ3) is 7.37. The first kappa shape index (κ1) is 27.0. The van der Waals surface area contributed by atoms with E-state index in [1.165, 1.54) is 0 Å². The second kappa shape index (κ2) is 12.8. The number of carboxylic acid groups (broad SMARTS) is 1. The minimum atomic E-state index is -0.873. The Labute approximate surface area is 210 Å². The number of carboxylic acids is 1. The van der Waals surface area contributed by atoms with Crippen LogP contribution in [0.3, 0.4) is 0 Å². The van der Waals surface area contributed by atoms with E-state index in [0.29, 0.717) is 21.5 Å². The molecule has 1 atom stereocenters. The van der Waals surface area contributed by atoms with E-state index in [4.69, 9.17) is 23.2 Å². The first-order valence-electron chi connectivity index (χ1n) is 10.5. The summed E-state index contributed by atoms with van der Waals surface area (Å²) in [5.74, 6) is -0.937. The van der Waals surface area contributed by atoms with Gasteiger partial charge in [-0.1, -0.05) is 78.3 Å². The van der Waals surface area contributed by atoms with E-state index in [1.54, 1.807) is 30.0 Å². The zero-order chi connectivity index (χ0) is 25.3. The zero-order valence-corrected chi connectivity index (χ0v) is 21.0. The number of halogens is 2. The molecule has 1 heterocycles. The van der Waals surface area contributed by atoms with E-state index in [1.807, 2.05) is 62.5 Å². The molecule has 0 radical (unpaired) electrons. The quantitative estimate of drug-likeness (QED) is 0.259. The molecule has 3 rings (SSSR count). The Morgan fingerprint density at radius 2 is 1.94 bits per heavy atom. The highest BCUT2D eigenvalue weighted by molar-refractivity contribution is 6.42. The lowest BCUT2D eigenvalue weighted by molar-refractivity contribution is -0.138. The monoisotopic (exact) mass is 498 g/mol. The third-order valence-electron chi connectivity index (χ3n) is 4.94. The van der Waals surface area contributed by atoms with Gasteiger partial charge in [-0.05, 0) is 43.7 Å². The molecule has 0 amide bonds. The van der Waals surface area contributed by atoms with Gasteiger partial charge < -0.3 is 9.84 Å². The fraction of sp³-hybridized carbons (Fsp3) is 0.185. The van der Waals surface area contributed by atoms with Crippen molar-refractivity contribution >= 4 is 35.4 Å². The first-order chi connectivity index (χ1) is 16.2. The van der Waals surface area contributed by atoms with Gasteiger partial charge in [0.25, 0.3) is 0 Å². The van der Waals surface area contributed by atoms with Crippen molar-refractivity contribution in [3.63, 3.8) is 0 Å². The molecule has 3 aromatic rings. The van der Waals surface area contributed by atoms with E-state index >= 15 is 0 Å². The second-order valence-corrected chi connectivity index (χ2v) is 8.27. The van der Waals surface area contributed by atoms with E-state index in [2.05, 4.69) is 23.0 Å². The van der Waals surface area contributed by atoms with Crippen LogP contribution in [-0.2, 0) is 16.0 Å². The maximum absolute atomic E-state index is 11.9. The minimum absolute atomic E-state index is 0.289. The summed E-state index contributed by atoms with van der Waals surface area (Å²) in [5.41, 5.74) is 4.16. The Morgan fingerprint density at radius 1 is 1.21 bits per heavy atom. The highest BCUT2D eigenvalue weighted by atomic mass is 35.5. The van der Waals surface area contributed by atoms with Gasteiger partial charge in [-0.25, -0.2) is 4.68 Å². The molecule has 0 spiro atoms. The van der Waals surface area contributed by atoms with Crippen LogP contribution in [0.15, 0.2) is 79.6 Å². The van der Waals surface area contributed by atoms with Gasteiger partial charge in [0.15, 0.2) is 0 Å². The molecule has 0 saturated heterocycles. The second-order valence-electron chi connectivity index (χ2n) is 7.46. The van der Waals surface area contributed by atoms with Gasteiger partial charge in [0.05, 0.1) is 34.5 Å². The number of ether oxygens (including phenoxy) is 1. The third-order valence-corrected chi connectivity index (χ3v) is 5.68. The number of aliphatic carboxylic acids is 1. The SMILES string of the molecule is C/C=C/n1nc(CC(C(=O)O)c2cccc(C)c2)cc1-c1ccc(Cl)c(Cl)c1.C=CC(=C)OC. The Morgan fingerprint density at radius 3 is 2.47 bits per heavy atom. The van der Waals surface area contributed by atoms with Gasteiger partial charge in [0.2, 0.25) is 0 Å². The summed E-state index contributed by atoms with van der Waals surface area (Å²) in [7, 11) is 1.56. The number of allylic oxidation sites excluding steroid dienone is 2. The number of hydrogen-bond donors (Lipinski definition) is 1. The average Bonchev–Trinajstić information content (AvgIpc) is 3.21. The van der Waals surface area contributed by atoms with Crippen molar-refractivity contribution in [1.82, 2.24) is 9.78 Å². The van der Waals surface area contributed by atoms with E-state index in [-0.39, 0.29) is 6.42 Å². The van der Waals surface area contributed by atoms with Crippen LogP contribution in [0.1, 0.15) is 29.7 Å². The van der Waals surface area contributed by atoms with Crippen LogP contribution in [0, 0.1) is 6.92 Å². The minimum Gasteiger partial charge on any atom is -0.497 e. The van der Waals surface area contributed by atoms with Crippen LogP contribution < -0.4 is 0 Å². The normalized spacial score (nSPS) is 11.4. The zero-order valence-electron chi connectivity index (χ0n) is 19.5. The average molecular weight is 499 g/mol. The summed E-state index contributed by atoms with van der Waals surface area (Å²) in [6.45, 7) is 10.7. The molecule has 0 saturated carbocycles. The molecule has 1 N–H and O–H groups in total. The molecular weight excluding hydrogens is 471 g/mol. The number of nitrogens with zero attached hydrogens (tertiary/aromatic N) is 2. The molecule has 2 aromatic carbocycles. The number of carbonyl (C=O) groups is 1. The van der Waals surface area contributed by atoms with Crippen LogP contribution in [0.2, 0.25) is 10.0 Å². The molecule has 0 fully saturated rings. The van der Waals surface area contributed by atoms with Gasteiger partial charge in [-0.3, -0.25) is 4.79 Å². The highest BCUT2D eigenvalue weighted by Crippen LogP contribution is 2.30. The number of benzene rings is 2. The summed E-state index contributed by atoms with van der Waals surface area (Å²) in [6, 6.07) is 14.8. The van der Waals surface area contributed by atoms with E-state index in [9.17, 15) is 9.90 Å². The molecule has 0 aliphatic heterocycles. The van der Waals surface area contributed by atoms with Crippen LogP contribution in [0.5, 0.6) is 0 Å². The number of hydrogen-bond acceptors (Lipinski definition) is 3. The predicted molar refractivity (Wildman–Crippen MR) is 140 cm³/mol. The number of rotatable bonds is 8. The van der Waals surface area contributed by atoms with Crippen LogP contribution >= 0.6 is 23.2 Å². The van der Waals surface area contributed by atoms with Gasteiger partial charge in [0, 0.05) is 18.2 Å². The Bertz CT molecular complexity index is 1200. The smallest absolute Gasteiger partial charge is 0.311 e. The number of methoxy groups -OCH3 is 1. The molecule has 7 heteroatoms. The van der Waals surface area contributed by atoms with Crippen LogP contribution in [0.25, 0.3) is 17.5 Å². The van der Waals surface area contributed by atoms with E-state index < -0.39 is 11.9 Å². The number of aryl methyl sites for hydroxylation is 1. The topological polar surface area (TPSA) is 64.4 Å². The molecular formula is C27H28Cl2N2O3. The van der Waals surface area contributed by atoms with Crippen molar-refractivity contribution in [2.45, 2.75) is 26.2 Å². The Hall–Kier alpha value is -3.28. The molecule has 0 aliphatic carbocycles. The molecule has 5 nitrogen and oxygen atoms in total.